The van der Waals surface area contributed by atoms with Crippen LogP contribution in [0.5, 0.6) is 5.75 Å². The van der Waals surface area contributed by atoms with Gasteiger partial charge in [-0.1, -0.05) is 36.4 Å². The molecule has 2 aliphatic rings. The maximum Gasteiger partial charge on any atom is 0.227 e. The lowest BCUT2D eigenvalue weighted by atomic mass is 10.1. The highest BCUT2D eigenvalue weighted by molar-refractivity contribution is 5.95. The highest BCUT2D eigenvalue weighted by Gasteiger charge is 2.32. The molecule has 2 aromatic rings. The maximum absolute atomic E-state index is 12.4. The molecule has 0 spiro atoms. The lowest BCUT2D eigenvalue weighted by Crippen LogP contribution is -2.32. The van der Waals surface area contributed by atoms with Gasteiger partial charge in [0.2, 0.25) is 5.91 Å². The van der Waals surface area contributed by atoms with E-state index in [1.807, 2.05) is 47.4 Å². The first-order chi connectivity index (χ1) is 11.8. The Kier molecular flexibility index (Phi) is 4.22. The first kappa shape index (κ1) is 15.2. The van der Waals surface area contributed by atoms with Gasteiger partial charge in [0, 0.05) is 43.9 Å². The molecule has 1 saturated heterocycles. The van der Waals surface area contributed by atoms with E-state index in [1.165, 1.54) is 5.56 Å². The summed E-state index contributed by atoms with van der Waals surface area (Å²) in [5, 5.41) is 0. The molecule has 0 saturated carbocycles. The van der Waals surface area contributed by atoms with Crippen LogP contribution in [-0.2, 0) is 11.3 Å². The van der Waals surface area contributed by atoms with Gasteiger partial charge in [0.25, 0.3) is 0 Å². The molecule has 1 atom stereocenters. The molecular weight excluding hydrogens is 300 g/mol. The molecule has 24 heavy (non-hydrogen) atoms. The summed E-state index contributed by atoms with van der Waals surface area (Å²) in [4.78, 5) is 16.7. The highest BCUT2D eigenvalue weighted by atomic mass is 16.5. The van der Waals surface area contributed by atoms with Crippen LogP contribution in [0.3, 0.4) is 0 Å². The number of fused-ring (bicyclic) bond motifs is 1. The van der Waals surface area contributed by atoms with Crippen LogP contribution in [0.2, 0.25) is 0 Å². The van der Waals surface area contributed by atoms with E-state index in [9.17, 15) is 4.79 Å². The number of carbonyl (C=O) groups excluding carboxylic acids is 1. The second-order valence-corrected chi connectivity index (χ2v) is 6.60. The van der Waals surface area contributed by atoms with Crippen molar-refractivity contribution in [1.29, 1.82) is 0 Å². The smallest absolute Gasteiger partial charge is 0.227 e. The normalized spacial score (nSPS) is 21.2. The molecular formula is C20H22N2O2. The minimum atomic E-state index is 0.234. The quantitative estimate of drug-likeness (QED) is 0.871. The monoisotopic (exact) mass is 322 g/mol. The summed E-state index contributed by atoms with van der Waals surface area (Å²) in [5.74, 6) is 1.61. The number of amides is 1. The van der Waals surface area contributed by atoms with Crippen LogP contribution in [-0.4, -0.2) is 37.0 Å². The maximum atomic E-state index is 12.4. The molecule has 2 aromatic carbocycles. The minimum absolute atomic E-state index is 0.234. The fourth-order valence-corrected chi connectivity index (χ4v) is 3.66. The van der Waals surface area contributed by atoms with Crippen LogP contribution >= 0.6 is 0 Å². The molecule has 0 aliphatic carbocycles. The molecule has 4 nitrogen and oxygen atoms in total. The Labute approximate surface area is 142 Å². The molecule has 0 radical (unpaired) electrons. The Balaban J connectivity index is 1.42. The number of anilines is 1. The van der Waals surface area contributed by atoms with E-state index in [4.69, 9.17) is 4.74 Å². The summed E-state index contributed by atoms with van der Waals surface area (Å²) in [7, 11) is 0. The number of hydrogen-bond donors (Lipinski definition) is 0. The van der Waals surface area contributed by atoms with Crippen LogP contribution < -0.4 is 9.64 Å². The number of nitrogens with zero attached hydrogens (tertiary/aromatic N) is 2. The van der Waals surface area contributed by atoms with Gasteiger partial charge in [0.1, 0.15) is 12.4 Å². The number of ether oxygens (including phenoxy) is 1. The third kappa shape index (κ3) is 3.15. The zero-order valence-corrected chi connectivity index (χ0v) is 13.7. The lowest BCUT2D eigenvalue weighted by Gasteiger charge is -2.23. The highest BCUT2D eigenvalue weighted by Crippen LogP contribution is 2.27. The molecule has 0 unspecified atom stereocenters. The standard InChI is InChI=1S/C20H22N2O2/c23-20-12-16(14-22(20)18-7-2-1-3-8-18)13-21-10-11-24-19-9-5-4-6-17(19)15-21/h1-9,16H,10-15H2/t16-/m0/s1. The predicted octanol–water partition coefficient (Wildman–Crippen LogP) is 2.93. The summed E-state index contributed by atoms with van der Waals surface area (Å²) in [6, 6.07) is 18.2. The van der Waals surface area contributed by atoms with Gasteiger partial charge in [-0.15, -0.1) is 0 Å². The van der Waals surface area contributed by atoms with E-state index in [0.29, 0.717) is 18.9 Å². The van der Waals surface area contributed by atoms with Crippen LogP contribution in [0.25, 0.3) is 0 Å². The molecule has 2 heterocycles. The third-order valence-electron chi connectivity index (χ3n) is 4.82. The molecule has 0 N–H and O–H groups in total. The Hall–Kier alpha value is -2.33. The SMILES string of the molecule is O=C1C[C@@H](CN2CCOc3ccccc3C2)CN1c1ccccc1. The number of carbonyl (C=O) groups is 1. The molecule has 4 heteroatoms. The van der Waals surface area contributed by atoms with Gasteiger partial charge in [0.15, 0.2) is 0 Å². The van der Waals surface area contributed by atoms with Crippen molar-refractivity contribution >= 4 is 11.6 Å². The Bertz CT molecular complexity index is 717. The second kappa shape index (κ2) is 6.65. The van der Waals surface area contributed by atoms with Crippen molar-refractivity contribution in [3.05, 3.63) is 60.2 Å². The van der Waals surface area contributed by atoms with Gasteiger partial charge in [-0.2, -0.15) is 0 Å². The van der Waals surface area contributed by atoms with E-state index in [1.54, 1.807) is 0 Å². The summed E-state index contributed by atoms with van der Waals surface area (Å²) >= 11 is 0. The average Bonchev–Trinajstić information content (AvgIpc) is 2.85. The van der Waals surface area contributed by atoms with Gasteiger partial charge < -0.3 is 9.64 Å². The van der Waals surface area contributed by atoms with Crippen molar-refractivity contribution in [2.45, 2.75) is 13.0 Å². The van der Waals surface area contributed by atoms with Crippen LogP contribution in [0.1, 0.15) is 12.0 Å². The molecule has 0 bridgehead atoms. The summed E-state index contributed by atoms with van der Waals surface area (Å²) in [5.41, 5.74) is 2.24. The van der Waals surface area contributed by atoms with Crippen molar-refractivity contribution in [3.8, 4) is 5.75 Å². The first-order valence-corrected chi connectivity index (χ1v) is 8.58. The zero-order chi connectivity index (χ0) is 16.4. The first-order valence-electron chi connectivity index (χ1n) is 8.58. The van der Waals surface area contributed by atoms with Gasteiger partial charge in [0.05, 0.1) is 0 Å². The average molecular weight is 322 g/mol. The van der Waals surface area contributed by atoms with E-state index in [2.05, 4.69) is 17.0 Å². The topological polar surface area (TPSA) is 32.8 Å². The van der Waals surface area contributed by atoms with E-state index in [0.717, 1.165) is 37.6 Å². The van der Waals surface area contributed by atoms with Crippen molar-refractivity contribution < 1.29 is 9.53 Å². The molecule has 1 amide bonds. The van der Waals surface area contributed by atoms with Crippen molar-refractivity contribution in [3.63, 3.8) is 0 Å². The molecule has 0 aromatic heterocycles. The second-order valence-electron chi connectivity index (χ2n) is 6.60. The van der Waals surface area contributed by atoms with Gasteiger partial charge in [-0.3, -0.25) is 9.69 Å². The molecule has 124 valence electrons. The van der Waals surface area contributed by atoms with E-state index >= 15 is 0 Å². The molecule has 4 rings (SSSR count). The number of rotatable bonds is 3. The van der Waals surface area contributed by atoms with Gasteiger partial charge >= 0.3 is 0 Å². The van der Waals surface area contributed by atoms with Gasteiger partial charge in [-0.05, 0) is 24.1 Å². The summed E-state index contributed by atoms with van der Waals surface area (Å²) < 4.78 is 5.84. The third-order valence-corrected chi connectivity index (χ3v) is 4.82. The summed E-state index contributed by atoms with van der Waals surface area (Å²) in [6.45, 7) is 4.26. The fraction of sp³-hybridized carbons (Fsp3) is 0.350. The van der Waals surface area contributed by atoms with E-state index < -0.39 is 0 Å². The van der Waals surface area contributed by atoms with Crippen molar-refractivity contribution in [1.82, 2.24) is 4.90 Å². The van der Waals surface area contributed by atoms with Crippen LogP contribution in [0, 0.1) is 5.92 Å². The predicted molar refractivity (Wildman–Crippen MR) is 94.1 cm³/mol. The molecule has 2 aliphatic heterocycles. The zero-order valence-electron chi connectivity index (χ0n) is 13.7. The Morgan fingerprint density at radius 1 is 1.04 bits per heavy atom. The van der Waals surface area contributed by atoms with Crippen molar-refractivity contribution in [2.24, 2.45) is 5.92 Å². The fourth-order valence-electron chi connectivity index (χ4n) is 3.66. The van der Waals surface area contributed by atoms with E-state index in [-0.39, 0.29) is 5.91 Å². The largest absolute Gasteiger partial charge is 0.492 e. The minimum Gasteiger partial charge on any atom is -0.492 e. The number of hydrogen-bond acceptors (Lipinski definition) is 3. The number of para-hydroxylation sites is 2. The van der Waals surface area contributed by atoms with Crippen LogP contribution in [0.4, 0.5) is 5.69 Å². The summed E-state index contributed by atoms with van der Waals surface area (Å²) in [6.07, 6.45) is 0.633. The lowest BCUT2D eigenvalue weighted by molar-refractivity contribution is -0.117. The Morgan fingerprint density at radius 2 is 1.83 bits per heavy atom. The Morgan fingerprint density at radius 3 is 2.71 bits per heavy atom. The molecule has 1 fully saturated rings. The number of benzene rings is 2. The van der Waals surface area contributed by atoms with Crippen LogP contribution in [0.15, 0.2) is 54.6 Å². The van der Waals surface area contributed by atoms with Crippen molar-refractivity contribution in [2.75, 3.05) is 31.1 Å². The van der Waals surface area contributed by atoms with Gasteiger partial charge in [-0.25, -0.2) is 0 Å².